The van der Waals surface area contributed by atoms with Gasteiger partial charge < -0.3 is 9.84 Å². The molecule has 7 nitrogen and oxygen atoms in total. The van der Waals surface area contributed by atoms with Gasteiger partial charge in [0.05, 0.1) is 35.3 Å². The smallest absolute Gasteiger partial charge is 0.270 e. The summed E-state index contributed by atoms with van der Waals surface area (Å²) in [4.78, 5) is 9.29. The van der Waals surface area contributed by atoms with Crippen LogP contribution in [0.1, 0.15) is 22.4 Å². The van der Waals surface area contributed by atoms with Gasteiger partial charge in [-0.25, -0.2) is 17.4 Å². The van der Waals surface area contributed by atoms with E-state index in [0.717, 1.165) is 22.6 Å². The van der Waals surface area contributed by atoms with Gasteiger partial charge in [-0.3, -0.25) is 4.98 Å². The first kappa shape index (κ1) is 22.3. The number of ether oxygens (including phenoxy) is 1. The number of hydrogen-bond donors (Lipinski definition) is 1. The van der Waals surface area contributed by atoms with Gasteiger partial charge in [0.1, 0.15) is 5.75 Å². The molecule has 0 aliphatic heterocycles. The highest BCUT2D eigenvalue weighted by Gasteiger charge is 2.25. The molecule has 0 radical (unpaired) electrons. The third-order valence-electron chi connectivity index (χ3n) is 5.20. The van der Waals surface area contributed by atoms with E-state index in [2.05, 4.69) is 9.97 Å². The SMILES string of the molecule is COc1c(C)cnc(CSc2nc3cc(CO)ccc3n2S(=O)(=O)c2ccccc2)c1C. The number of rotatable bonds is 7. The molecule has 0 unspecified atom stereocenters. The fraction of sp³-hybridized carbons (Fsp3) is 0.217. The summed E-state index contributed by atoms with van der Waals surface area (Å²) in [5.74, 6) is 1.19. The first-order valence-corrected chi connectivity index (χ1v) is 12.3. The first-order valence-electron chi connectivity index (χ1n) is 9.91. The zero-order chi connectivity index (χ0) is 22.9. The van der Waals surface area contributed by atoms with Crippen LogP contribution in [0.3, 0.4) is 0 Å². The average molecular weight is 470 g/mol. The van der Waals surface area contributed by atoms with Gasteiger partial charge in [-0.15, -0.1) is 0 Å². The molecule has 0 saturated carbocycles. The van der Waals surface area contributed by atoms with E-state index >= 15 is 0 Å². The minimum atomic E-state index is -3.88. The highest BCUT2D eigenvalue weighted by Crippen LogP contribution is 2.33. The number of benzene rings is 2. The zero-order valence-corrected chi connectivity index (χ0v) is 19.6. The number of aliphatic hydroxyl groups is 1. The molecule has 166 valence electrons. The number of methoxy groups -OCH3 is 1. The number of hydrogen-bond acceptors (Lipinski definition) is 7. The van der Waals surface area contributed by atoms with Crippen molar-refractivity contribution in [2.75, 3.05) is 7.11 Å². The number of nitrogens with zero attached hydrogens (tertiary/aromatic N) is 3. The van der Waals surface area contributed by atoms with Crippen LogP contribution in [0.4, 0.5) is 0 Å². The summed E-state index contributed by atoms with van der Waals surface area (Å²) in [6, 6.07) is 13.4. The molecule has 0 aliphatic rings. The van der Waals surface area contributed by atoms with Gasteiger partial charge >= 0.3 is 0 Å². The number of aliphatic hydroxyl groups excluding tert-OH is 1. The molecule has 0 atom stereocenters. The maximum Gasteiger partial charge on any atom is 0.270 e. The molecule has 4 rings (SSSR count). The van der Waals surface area contributed by atoms with Crippen LogP contribution in [0.25, 0.3) is 11.0 Å². The molecule has 32 heavy (non-hydrogen) atoms. The topological polar surface area (TPSA) is 94.3 Å². The number of thioether (sulfide) groups is 1. The highest BCUT2D eigenvalue weighted by atomic mass is 32.2. The summed E-state index contributed by atoms with van der Waals surface area (Å²) >= 11 is 1.29. The number of imidazole rings is 1. The van der Waals surface area contributed by atoms with Crippen LogP contribution in [0.2, 0.25) is 0 Å². The van der Waals surface area contributed by atoms with Gasteiger partial charge in [0, 0.05) is 23.1 Å². The molecule has 2 aromatic carbocycles. The Balaban J connectivity index is 1.82. The van der Waals surface area contributed by atoms with Crippen LogP contribution in [-0.4, -0.2) is 34.6 Å². The number of pyridine rings is 1. The van der Waals surface area contributed by atoms with Gasteiger partial charge in [-0.05, 0) is 43.7 Å². The van der Waals surface area contributed by atoms with E-state index in [4.69, 9.17) is 4.74 Å². The molecule has 0 fully saturated rings. The molecular weight excluding hydrogens is 446 g/mol. The predicted octanol–water partition coefficient (Wildman–Crippen LogP) is 4.08. The summed E-state index contributed by atoms with van der Waals surface area (Å²) in [6.45, 7) is 3.72. The van der Waals surface area contributed by atoms with Gasteiger partial charge in [0.25, 0.3) is 10.0 Å². The minimum absolute atomic E-state index is 0.150. The fourth-order valence-electron chi connectivity index (χ4n) is 3.55. The molecule has 0 aliphatic carbocycles. The molecular formula is C23H23N3O4S2. The van der Waals surface area contributed by atoms with E-state index in [0.29, 0.717) is 27.5 Å². The third kappa shape index (κ3) is 3.99. The zero-order valence-electron chi connectivity index (χ0n) is 17.9. The van der Waals surface area contributed by atoms with Gasteiger partial charge in [-0.2, -0.15) is 0 Å². The Labute approximate surface area is 191 Å². The lowest BCUT2D eigenvalue weighted by Crippen LogP contribution is -2.14. The molecule has 0 saturated heterocycles. The number of fused-ring (bicyclic) bond motifs is 1. The lowest BCUT2D eigenvalue weighted by molar-refractivity contribution is 0.282. The van der Waals surface area contributed by atoms with Crippen molar-refractivity contribution in [1.82, 2.24) is 13.9 Å². The summed E-state index contributed by atoms with van der Waals surface area (Å²) in [5, 5.41) is 9.82. The standard InChI is InChI=1S/C23H23N3O4S2/c1-15-12-24-20(16(2)22(15)30-3)14-31-23-25-19-11-17(13-27)9-10-21(19)26(23)32(28,29)18-7-5-4-6-8-18/h4-12,27H,13-14H2,1-3H3. The fourth-order valence-corrected chi connectivity index (χ4v) is 6.31. The molecule has 1 N–H and O–H groups in total. The monoisotopic (exact) mass is 469 g/mol. The second-order valence-electron chi connectivity index (χ2n) is 7.29. The van der Waals surface area contributed by atoms with Crippen LogP contribution >= 0.6 is 11.8 Å². The molecule has 4 aromatic rings. The summed E-state index contributed by atoms with van der Waals surface area (Å²) in [6.07, 6.45) is 1.75. The van der Waals surface area contributed by atoms with Crippen molar-refractivity contribution in [3.8, 4) is 5.75 Å². The quantitative estimate of drug-likeness (QED) is 0.408. The van der Waals surface area contributed by atoms with E-state index in [1.165, 1.54) is 15.7 Å². The van der Waals surface area contributed by atoms with E-state index in [-0.39, 0.29) is 11.5 Å². The van der Waals surface area contributed by atoms with E-state index in [1.54, 1.807) is 61.8 Å². The molecule has 0 bridgehead atoms. The molecule has 9 heteroatoms. The van der Waals surface area contributed by atoms with Crippen LogP contribution in [0.15, 0.2) is 64.8 Å². The van der Waals surface area contributed by atoms with Gasteiger partial charge in [0.2, 0.25) is 0 Å². The normalized spacial score (nSPS) is 11.8. The maximum atomic E-state index is 13.5. The van der Waals surface area contributed by atoms with Crippen LogP contribution in [0.5, 0.6) is 5.75 Å². The van der Waals surface area contributed by atoms with Crippen LogP contribution < -0.4 is 4.74 Å². The molecule has 0 spiro atoms. The van der Waals surface area contributed by atoms with Gasteiger partial charge in [0.15, 0.2) is 5.16 Å². The lowest BCUT2D eigenvalue weighted by Gasteiger charge is -2.13. The van der Waals surface area contributed by atoms with Crippen molar-refractivity contribution in [1.29, 1.82) is 0 Å². The predicted molar refractivity (Wildman–Crippen MR) is 125 cm³/mol. The Morgan fingerprint density at radius 1 is 1.12 bits per heavy atom. The number of aryl methyl sites for hydroxylation is 1. The Morgan fingerprint density at radius 2 is 1.88 bits per heavy atom. The Kier molecular flexibility index (Phi) is 6.23. The van der Waals surface area contributed by atoms with E-state index in [9.17, 15) is 13.5 Å². The average Bonchev–Trinajstić information content (AvgIpc) is 3.17. The Bertz CT molecular complexity index is 1380. The number of aromatic nitrogens is 3. The largest absolute Gasteiger partial charge is 0.496 e. The van der Waals surface area contributed by atoms with Crippen LogP contribution in [0, 0.1) is 13.8 Å². The summed E-state index contributed by atoms with van der Waals surface area (Å²) in [5.41, 5.74) is 4.27. The Morgan fingerprint density at radius 3 is 2.56 bits per heavy atom. The summed E-state index contributed by atoms with van der Waals surface area (Å²) in [7, 11) is -2.26. The highest BCUT2D eigenvalue weighted by molar-refractivity contribution is 7.99. The lowest BCUT2D eigenvalue weighted by atomic mass is 10.1. The van der Waals surface area contributed by atoms with Crippen molar-refractivity contribution in [3.63, 3.8) is 0 Å². The maximum absolute atomic E-state index is 13.5. The second kappa shape index (κ2) is 8.93. The van der Waals surface area contributed by atoms with Crippen molar-refractivity contribution < 1.29 is 18.3 Å². The third-order valence-corrected chi connectivity index (χ3v) is 7.98. The second-order valence-corrected chi connectivity index (χ2v) is 10.0. The summed E-state index contributed by atoms with van der Waals surface area (Å²) < 4.78 is 33.8. The molecule has 2 heterocycles. The van der Waals surface area contributed by atoms with E-state index < -0.39 is 10.0 Å². The van der Waals surface area contributed by atoms with Crippen molar-refractivity contribution in [2.45, 2.75) is 36.3 Å². The van der Waals surface area contributed by atoms with E-state index in [1.807, 2.05) is 13.8 Å². The molecule has 0 amide bonds. The first-order chi connectivity index (χ1) is 15.4. The Hall–Kier alpha value is -2.88. The van der Waals surface area contributed by atoms with Gasteiger partial charge in [-0.1, -0.05) is 36.0 Å². The molecule has 2 aromatic heterocycles. The van der Waals surface area contributed by atoms with Crippen molar-refractivity contribution in [3.05, 3.63) is 77.1 Å². The minimum Gasteiger partial charge on any atom is -0.496 e. The van der Waals surface area contributed by atoms with Crippen LogP contribution in [-0.2, 0) is 22.4 Å². The van der Waals surface area contributed by atoms with Crippen molar-refractivity contribution in [2.24, 2.45) is 0 Å². The van der Waals surface area contributed by atoms with Crippen molar-refractivity contribution >= 4 is 32.8 Å².